The fraction of sp³-hybridized carbons (Fsp3) is 0.250. The molecule has 2 aromatic rings. The van der Waals surface area contributed by atoms with Crippen molar-refractivity contribution in [2.75, 3.05) is 17.8 Å². The first kappa shape index (κ1) is 14.6. The molecule has 1 fully saturated rings. The minimum atomic E-state index is -2.52. The Bertz CT molecular complexity index is 645. The van der Waals surface area contributed by atoms with Gasteiger partial charge in [-0.15, -0.1) is 0 Å². The van der Waals surface area contributed by atoms with E-state index in [-0.39, 0.29) is 0 Å². The van der Waals surface area contributed by atoms with E-state index >= 15 is 0 Å². The zero-order valence-corrected chi connectivity index (χ0v) is 13.6. The van der Waals surface area contributed by atoms with Crippen LogP contribution in [0.25, 0.3) is 0 Å². The van der Waals surface area contributed by atoms with Gasteiger partial charge >= 0.3 is 6.64 Å². The van der Waals surface area contributed by atoms with Gasteiger partial charge in [-0.25, -0.2) is 0 Å². The second-order valence-corrected chi connectivity index (χ2v) is 8.26. The van der Waals surface area contributed by atoms with Crippen molar-refractivity contribution in [3.8, 4) is 5.75 Å². The molecule has 0 saturated carbocycles. The van der Waals surface area contributed by atoms with Crippen molar-refractivity contribution in [3.05, 3.63) is 60.2 Å². The summed E-state index contributed by atoms with van der Waals surface area (Å²) in [6.45, 7) is 1.06. The van der Waals surface area contributed by atoms with E-state index in [2.05, 4.69) is 11.6 Å². The van der Waals surface area contributed by atoms with Crippen molar-refractivity contribution in [3.63, 3.8) is 0 Å². The summed E-state index contributed by atoms with van der Waals surface area (Å²) in [6.07, 6.45) is 0.963. The van der Waals surface area contributed by atoms with Gasteiger partial charge in [-0.1, -0.05) is 35.9 Å². The van der Waals surface area contributed by atoms with Gasteiger partial charge in [-0.3, -0.25) is 4.67 Å². The van der Waals surface area contributed by atoms with E-state index < -0.39 is 6.64 Å². The van der Waals surface area contributed by atoms with Crippen molar-refractivity contribution < 1.29 is 9.05 Å². The van der Waals surface area contributed by atoms with Gasteiger partial charge in [0.25, 0.3) is 0 Å². The maximum Gasteiger partial charge on any atom is 0.342 e. The summed E-state index contributed by atoms with van der Waals surface area (Å²) in [6, 6.07) is 18.1. The van der Waals surface area contributed by atoms with Crippen LogP contribution in [0.4, 0.5) is 5.69 Å². The molecule has 0 bridgehead atoms. The first-order valence-corrected chi connectivity index (χ1v) is 9.60. The van der Waals surface area contributed by atoms with E-state index in [1.807, 2.05) is 54.6 Å². The van der Waals surface area contributed by atoms with Crippen LogP contribution in [0, 0.1) is 6.92 Å². The third-order valence-corrected chi connectivity index (χ3v) is 6.46. The van der Waals surface area contributed by atoms with Gasteiger partial charge in [0.05, 0.1) is 6.61 Å². The Morgan fingerprint density at radius 2 is 1.81 bits per heavy atom. The summed E-state index contributed by atoms with van der Waals surface area (Å²) < 4.78 is 14.1. The van der Waals surface area contributed by atoms with Crippen LogP contribution in [0.5, 0.6) is 5.75 Å². The van der Waals surface area contributed by atoms with E-state index in [0.29, 0.717) is 6.61 Å². The number of nitrogens with zero attached hydrogens (tertiary/aromatic N) is 1. The molecule has 1 unspecified atom stereocenters. The lowest BCUT2D eigenvalue weighted by molar-refractivity contribution is 0.286. The first-order chi connectivity index (χ1) is 10.2. The predicted molar refractivity (Wildman–Crippen MR) is 90.4 cm³/mol. The van der Waals surface area contributed by atoms with Crippen LogP contribution < -0.4 is 9.19 Å². The zero-order valence-electron chi connectivity index (χ0n) is 11.9. The van der Waals surface area contributed by atoms with Crippen LogP contribution in [-0.4, -0.2) is 13.2 Å². The Balaban J connectivity index is 1.88. The summed E-state index contributed by atoms with van der Waals surface area (Å²) in [5, 5.41) is 0. The molecule has 1 saturated heterocycles. The van der Waals surface area contributed by atoms with Crippen molar-refractivity contribution in [1.82, 2.24) is 0 Å². The molecule has 0 N–H and O–H groups in total. The Kier molecular flexibility index (Phi) is 4.29. The average molecular weight is 319 g/mol. The van der Waals surface area contributed by atoms with Crippen molar-refractivity contribution in [2.45, 2.75) is 13.3 Å². The smallest absolute Gasteiger partial charge is 0.342 e. The SMILES string of the molecule is Cc1ccc(OP2(=S)OCCCN2c2ccccc2)cc1. The van der Waals surface area contributed by atoms with E-state index in [1.165, 1.54) is 5.56 Å². The van der Waals surface area contributed by atoms with Crippen molar-refractivity contribution >= 4 is 24.1 Å². The molecule has 2 aromatic carbocycles. The second kappa shape index (κ2) is 6.18. The van der Waals surface area contributed by atoms with Crippen LogP contribution in [0.3, 0.4) is 0 Å². The van der Waals surface area contributed by atoms with Gasteiger partial charge in [0.15, 0.2) is 0 Å². The highest BCUT2D eigenvalue weighted by molar-refractivity contribution is 8.10. The molecule has 0 radical (unpaired) electrons. The van der Waals surface area contributed by atoms with Gasteiger partial charge in [0.2, 0.25) is 0 Å². The Hall–Kier alpha value is -1.35. The normalized spacial score (nSPS) is 22.0. The van der Waals surface area contributed by atoms with E-state index in [0.717, 1.165) is 24.4 Å². The van der Waals surface area contributed by atoms with Gasteiger partial charge in [-0.05, 0) is 49.4 Å². The first-order valence-electron chi connectivity index (χ1n) is 7.01. The topological polar surface area (TPSA) is 21.7 Å². The number of hydrogen-bond donors (Lipinski definition) is 0. The van der Waals surface area contributed by atoms with Crippen LogP contribution in [0.2, 0.25) is 0 Å². The molecule has 1 heterocycles. The maximum atomic E-state index is 6.09. The molecule has 0 aromatic heterocycles. The van der Waals surface area contributed by atoms with Crippen molar-refractivity contribution in [2.24, 2.45) is 0 Å². The third-order valence-electron chi connectivity index (χ3n) is 3.36. The Labute approximate surface area is 130 Å². The molecule has 0 amide bonds. The number of anilines is 1. The quantitative estimate of drug-likeness (QED) is 0.775. The number of aryl methyl sites for hydroxylation is 1. The average Bonchev–Trinajstić information content (AvgIpc) is 2.51. The Morgan fingerprint density at radius 3 is 2.52 bits per heavy atom. The zero-order chi connectivity index (χ0) is 14.7. The molecular formula is C16H18NO2PS. The van der Waals surface area contributed by atoms with Gasteiger partial charge in [0, 0.05) is 12.2 Å². The number of hydrogen-bond acceptors (Lipinski definition) is 3. The number of rotatable bonds is 3. The minimum absolute atomic E-state index is 0.659. The number of para-hydroxylation sites is 1. The molecule has 1 aliphatic heterocycles. The van der Waals surface area contributed by atoms with Crippen LogP contribution in [0.1, 0.15) is 12.0 Å². The second-order valence-electron chi connectivity index (χ2n) is 5.02. The fourth-order valence-corrected chi connectivity index (χ4v) is 5.12. The predicted octanol–water partition coefficient (Wildman–Crippen LogP) is 4.53. The summed E-state index contributed by atoms with van der Waals surface area (Å²) in [4.78, 5) is 0. The highest BCUT2D eigenvalue weighted by atomic mass is 32.5. The Morgan fingerprint density at radius 1 is 1.10 bits per heavy atom. The minimum Gasteiger partial charge on any atom is -0.429 e. The lowest BCUT2D eigenvalue weighted by atomic mass is 10.2. The summed E-state index contributed by atoms with van der Waals surface area (Å²) in [7, 11) is 0. The van der Waals surface area contributed by atoms with Crippen LogP contribution >= 0.6 is 6.64 Å². The molecule has 1 aliphatic rings. The summed E-state index contributed by atoms with van der Waals surface area (Å²) in [5.74, 6) is 0.770. The molecule has 5 heteroatoms. The number of benzene rings is 2. The fourth-order valence-electron chi connectivity index (χ4n) is 2.26. The molecule has 1 atom stereocenters. The molecule has 0 spiro atoms. The molecule has 0 aliphatic carbocycles. The van der Waals surface area contributed by atoms with Gasteiger partial charge in [-0.2, -0.15) is 0 Å². The summed E-state index contributed by atoms with van der Waals surface area (Å²) in [5.41, 5.74) is 2.26. The molecule has 21 heavy (non-hydrogen) atoms. The third kappa shape index (κ3) is 3.29. The maximum absolute atomic E-state index is 6.09. The van der Waals surface area contributed by atoms with Gasteiger partial charge < -0.3 is 9.05 Å². The molecule has 110 valence electrons. The highest BCUT2D eigenvalue weighted by Crippen LogP contribution is 2.56. The van der Waals surface area contributed by atoms with E-state index in [9.17, 15) is 0 Å². The molecule has 3 rings (SSSR count). The van der Waals surface area contributed by atoms with Crippen LogP contribution in [0.15, 0.2) is 54.6 Å². The van der Waals surface area contributed by atoms with Crippen molar-refractivity contribution in [1.29, 1.82) is 0 Å². The largest absolute Gasteiger partial charge is 0.429 e. The molecular weight excluding hydrogens is 301 g/mol. The molecule has 3 nitrogen and oxygen atoms in total. The van der Waals surface area contributed by atoms with Crippen LogP contribution in [-0.2, 0) is 16.3 Å². The lowest BCUT2D eigenvalue weighted by Crippen LogP contribution is -2.30. The highest BCUT2D eigenvalue weighted by Gasteiger charge is 2.33. The van der Waals surface area contributed by atoms with E-state index in [1.54, 1.807) is 0 Å². The lowest BCUT2D eigenvalue weighted by Gasteiger charge is -2.38. The summed E-state index contributed by atoms with van der Waals surface area (Å²) >= 11 is 5.76. The standard InChI is InChI=1S/C16H18NO2PS/c1-14-8-10-16(11-9-14)19-20(21)17(12-5-13-18-20)15-6-3-2-4-7-15/h2-4,6-11H,5,12-13H2,1H3. The van der Waals surface area contributed by atoms with E-state index in [4.69, 9.17) is 20.9 Å². The monoisotopic (exact) mass is 319 g/mol. The van der Waals surface area contributed by atoms with Gasteiger partial charge in [0.1, 0.15) is 5.75 Å².